The van der Waals surface area contributed by atoms with Gasteiger partial charge in [-0.1, -0.05) is 0 Å². The number of rotatable bonds is 7. The highest BCUT2D eigenvalue weighted by Gasteiger charge is 2.27. The zero-order chi connectivity index (χ0) is 20.6. The Labute approximate surface area is 168 Å². The zero-order valence-electron chi connectivity index (χ0n) is 17.3. The summed E-state index contributed by atoms with van der Waals surface area (Å²) in [7, 11) is 0.277. The van der Waals surface area contributed by atoms with Crippen LogP contribution in [0.25, 0.3) is 0 Å². The Morgan fingerprint density at radius 3 is 2.50 bits per heavy atom. The van der Waals surface area contributed by atoms with Gasteiger partial charge in [0.1, 0.15) is 6.54 Å². The van der Waals surface area contributed by atoms with Crippen LogP contribution in [0.15, 0.2) is 4.99 Å². The third-order valence-corrected chi connectivity index (χ3v) is 7.08. The van der Waals surface area contributed by atoms with Crippen molar-refractivity contribution < 1.29 is 17.9 Å². The van der Waals surface area contributed by atoms with E-state index in [1.165, 1.54) is 4.90 Å². The molecule has 28 heavy (non-hydrogen) atoms. The van der Waals surface area contributed by atoms with Crippen molar-refractivity contribution in [3.63, 3.8) is 0 Å². The van der Waals surface area contributed by atoms with Crippen molar-refractivity contribution in [3.05, 3.63) is 0 Å². The van der Waals surface area contributed by atoms with Gasteiger partial charge in [-0.05, 0) is 39.0 Å². The van der Waals surface area contributed by atoms with Crippen LogP contribution in [0.5, 0.6) is 0 Å². The number of aliphatic imine (C=N–C) groups is 1. The van der Waals surface area contributed by atoms with Crippen LogP contribution < -0.4 is 10.6 Å². The minimum absolute atomic E-state index is 0.0664. The molecule has 0 aromatic heterocycles. The molecule has 162 valence electrons. The summed E-state index contributed by atoms with van der Waals surface area (Å²) < 4.78 is 31.3. The molecule has 0 aromatic carbocycles. The maximum atomic E-state index is 12.0. The average molecular weight is 418 g/mol. The Kier molecular flexibility index (Phi) is 8.97. The van der Waals surface area contributed by atoms with E-state index in [9.17, 15) is 13.2 Å². The summed E-state index contributed by atoms with van der Waals surface area (Å²) in [6.45, 7) is 4.17. The number of sulfonamides is 1. The quantitative estimate of drug-likeness (QED) is 0.446. The van der Waals surface area contributed by atoms with Crippen LogP contribution in [0.4, 0.5) is 0 Å². The van der Waals surface area contributed by atoms with Crippen LogP contribution in [0, 0.1) is 0 Å². The fourth-order valence-corrected chi connectivity index (χ4v) is 4.41. The number of likely N-dealkylation sites (N-methyl/N-ethyl adjacent to an activating group) is 1. The van der Waals surface area contributed by atoms with Crippen molar-refractivity contribution in [1.82, 2.24) is 19.8 Å². The van der Waals surface area contributed by atoms with Crippen LogP contribution in [0.2, 0.25) is 0 Å². The Morgan fingerprint density at radius 1 is 1.21 bits per heavy atom. The molecular formula is C18H35N5O4S. The highest BCUT2D eigenvalue weighted by atomic mass is 32.2. The number of hydrogen-bond donors (Lipinski definition) is 2. The molecule has 1 unspecified atom stereocenters. The largest absolute Gasteiger partial charge is 0.376 e. The van der Waals surface area contributed by atoms with Gasteiger partial charge in [0.2, 0.25) is 15.9 Å². The molecule has 0 saturated carbocycles. The number of nitrogens with one attached hydrogen (secondary N) is 2. The lowest BCUT2D eigenvalue weighted by Crippen LogP contribution is -2.51. The van der Waals surface area contributed by atoms with Crippen molar-refractivity contribution in [1.29, 1.82) is 0 Å². The molecule has 2 N–H and O–H groups in total. The molecule has 10 heteroatoms. The van der Waals surface area contributed by atoms with Gasteiger partial charge in [0.25, 0.3) is 0 Å². The van der Waals surface area contributed by atoms with E-state index in [0.717, 1.165) is 25.9 Å². The van der Waals surface area contributed by atoms with Crippen LogP contribution in [0.3, 0.4) is 0 Å². The van der Waals surface area contributed by atoms with Gasteiger partial charge in [0.05, 0.1) is 11.9 Å². The lowest BCUT2D eigenvalue weighted by atomic mass is 10.1. The van der Waals surface area contributed by atoms with Crippen LogP contribution in [-0.4, -0.2) is 94.3 Å². The van der Waals surface area contributed by atoms with Gasteiger partial charge >= 0.3 is 0 Å². The van der Waals surface area contributed by atoms with Gasteiger partial charge in [-0.25, -0.2) is 17.7 Å². The van der Waals surface area contributed by atoms with Gasteiger partial charge in [0, 0.05) is 46.4 Å². The summed E-state index contributed by atoms with van der Waals surface area (Å²) in [6, 6.07) is 0.122. The Bertz CT molecular complexity index is 624. The summed E-state index contributed by atoms with van der Waals surface area (Å²) >= 11 is 0. The molecule has 0 spiro atoms. The number of amides is 1. The van der Waals surface area contributed by atoms with E-state index in [4.69, 9.17) is 4.74 Å². The van der Waals surface area contributed by atoms with Gasteiger partial charge < -0.3 is 20.3 Å². The minimum Gasteiger partial charge on any atom is -0.376 e. The van der Waals surface area contributed by atoms with Crippen molar-refractivity contribution in [2.75, 3.05) is 52.6 Å². The third kappa shape index (κ3) is 7.21. The lowest BCUT2D eigenvalue weighted by molar-refractivity contribution is -0.127. The molecule has 2 saturated heterocycles. The number of carbonyl (C=O) groups is 1. The second-order valence-corrected chi connectivity index (χ2v) is 9.80. The summed E-state index contributed by atoms with van der Waals surface area (Å²) in [6.07, 6.45) is 4.86. The molecular weight excluding hydrogens is 382 g/mol. The predicted octanol–water partition coefficient (Wildman–Crippen LogP) is -0.00700. The van der Waals surface area contributed by atoms with Crippen LogP contribution in [0.1, 0.15) is 39.0 Å². The smallest absolute Gasteiger partial charge is 0.243 e. The third-order valence-electron chi connectivity index (χ3n) is 5.20. The van der Waals surface area contributed by atoms with E-state index in [2.05, 4.69) is 15.6 Å². The number of guanidine groups is 1. The molecule has 1 amide bonds. The standard InChI is InChI=1S/C18H35N5O4S/c1-4-28(25,26)23-10-8-15(9-11-23)21-18(20-14-17(24)22(2)3)19-13-16-7-5-6-12-27-16/h15-16H,4-14H2,1-3H3,(H2,19,20,21). The molecule has 1 atom stereocenters. The van der Waals surface area contributed by atoms with E-state index in [0.29, 0.717) is 38.4 Å². The molecule has 0 bridgehead atoms. The monoisotopic (exact) mass is 417 g/mol. The molecule has 0 aromatic rings. The topological polar surface area (TPSA) is 103 Å². The van der Waals surface area contributed by atoms with E-state index in [1.54, 1.807) is 25.3 Å². The first-order valence-electron chi connectivity index (χ1n) is 10.2. The Balaban J connectivity index is 1.91. The SMILES string of the molecule is CCS(=O)(=O)N1CCC(NC(=NCC(=O)N(C)C)NCC2CCCCO2)CC1. The van der Waals surface area contributed by atoms with Crippen molar-refractivity contribution in [2.24, 2.45) is 4.99 Å². The summed E-state index contributed by atoms with van der Waals surface area (Å²) in [5, 5.41) is 6.67. The summed E-state index contributed by atoms with van der Waals surface area (Å²) in [4.78, 5) is 17.8. The lowest BCUT2D eigenvalue weighted by Gasteiger charge is -2.32. The molecule has 2 aliphatic rings. The molecule has 2 aliphatic heterocycles. The van der Waals surface area contributed by atoms with Crippen molar-refractivity contribution >= 4 is 21.9 Å². The fourth-order valence-electron chi connectivity index (χ4n) is 3.27. The molecule has 2 heterocycles. The molecule has 2 fully saturated rings. The summed E-state index contributed by atoms with van der Waals surface area (Å²) in [5.41, 5.74) is 0. The highest BCUT2D eigenvalue weighted by molar-refractivity contribution is 7.89. The highest BCUT2D eigenvalue weighted by Crippen LogP contribution is 2.15. The van der Waals surface area contributed by atoms with Crippen molar-refractivity contribution in [2.45, 2.75) is 51.2 Å². The average Bonchev–Trinajstić information content (AvgIpc) is 2.70. The van der Waals surface area contributed by atoms with Crippen LogP contribution >= 0.6 is 0 Å². The molecule has 9 nitrogen and oxygen atoms in total. The van der Waals surface area contributed by atoms with Gasteiger partial charge in [-0.2, -0.15) is 0 Å². The number of nitrogens with zero attached hydrogens (tertiary/aromatic N) is 3. The first-order chi connectivity index (χ1) is 13.3. The Hall–Kier alpha value is -1.39. The fraction of sp³-hybridized carbons (Fsp3) is 0.889. The van der Waals surface area contributed by atoms with Gasteiger partial charge in [0.15, 0.2) is 5.96 Å². The normalized spacial score (nSPS) is 22.7. The predicted molar refractivity (Wildman–Crippen MR) is 110 cm³/mol. The number of ether oxygens (including phenoxy) is 1. The molecule has 0 aliphatic carbocycles. The van der Waals surface area contributed by atoms with Crippen LogP contribution in [-0.2, 0) is 19.6 Å². The number of piperidine rings is 1. The van der Waals surface area contributed by atoms with Gasteiger partial charge in [-0.3, -0.25) is 4.79 Å². The minimum atomic E-state index is -3.14. The second-order valence-electron chi connectivity index (χ2n) is 7.54. The van der Waals surface area contributed by atoms with E-state index in [1.807, 2.05) is 0 Å². The van der Waals surface area contributed by atoms with E-state index >= 15 is 0 Å². The maximum Gasteiger partial charge on any atom is 0.243 e. The first-order valence-corrected chi connectivity index (χ1v) is 11.8. The summed E-state index contributed by atoms with van der Waals surface area (Å²) in [5.74, 6) is 0.646. The van der Waals surface area contributed by atoms with Gasteiger partial charge in [-0.15, -0.1) is 0 Å². The van der Waals surface area contributed by atoms with Crippen molar-refractivity contribution in [3.8, 4) is 0 Å². The van der Waals surface area contributed by atoms with E-state index < -0.39 is 10.0 Å². The number of carbonyl (C=O) groups excluding carboxylic acids is 1. The van der Waals surface area contributed by atoms with E-state index in [-0.39, 0.29) is 30.4 Å². The molecule has 2 rings (SSSR count). The Morgan fingerprint density at radius 2 is 1.93 bits per heavy atom. The maximum absolute atomic E-state index is 12.0. The number of hydrogen-bond acceptors (Lipinski definition) is 5. The molecule has 0 radical (unpaired) electrons. The second kappa shape index (κ2) is 11.0. The zero-order valence-corrected chi connectivity index (χ0v) is 18.1. The first kappa shape index (κ1) is 22.9.